The Labute approximate surface area is 99.2 Å². The molecule has 0 aliphatic rings. The van der Waals surface area contributed by atoms with Crippen molar-refractivity contribution in [2.24, 2.45) is 0 Å². The molecule has 94 valence electrons. The molecule has 1 rings (SSSR count). The largest absolute Gasteiger partial charge is 0.496 e. The van der Waals surface area contributed by atoms with Gasteiger partial charge in [0.05, 0.1) is 26.2 Å². The zero-order chi connectivity index (χ0) is 13.1. The van der Waals surface area contributed by atoms with Gasteiger partial charge in [0.25, 0.3) is 10.1 Å². The van der Waals surface area contributed by atoms with E-state index < -0.39 is 16.1 Å². The van der Waals surface area contributed by atoms with E-state index in [9.17, 15) is 13.2 Å². The molecule has 0 N–H and O–H groups in total. The molecule has 0 aliphatic heterocycles. The Morgan fingerprint density at radius 3 is 2.29 bits per heavy atom. The predicted molar refractivity (Wildman–Crippen MR) is 58.5 cm³/mol. The van der Waals surface area contributed by atoms with E-state index in [1.807, 2.05) is 0 Å². The minimum absolute atomic E-state index is 0.0214. The lowest BCUT2D eigenvalue weighted by molar-refractivity contribution is 0.0597. The quantitative estimate of drug-likeness (QED) is 0.589. The van der Waals surface area contributed by atoms with Crippen molar-refractivity contribution in [3.05, 3.63) is 23.8 Å². The van der Waals surface area contributed by atoms with Crippen LogP contribution in [0.2, 0.25) is 0 Å². The van der Waals surface area contributed by atoms with E-state index in [1.165, 1.54) is 26.4 Å². The summed E-state index contributed by atoms with van der Waals surface area (Å²) in [6.07, 6.45) is 0. The fraction of sp³-hybridized carbons (Fsp3) is 0.300. The third kappa shape index (κ3) is 2.75. The molecule has 17 heavy (non-hydrogen) atoms. The normalized spacial score (nSPS) is 11.0. The number of hydrogen-bond acceptors (Lipinski definition) is 6. The Balaban J connectivity index is 3.37. The highest BCUT2D eigenvalue weighted by molar-refractivity contribution is 7.86. The van der Waals surface area contributed by atoms with Crippen LogP contribution in [0.25, 0.3) is 0 Å². The Bertz CT molecular complexity index is 520. The molecule has 0 amide bonds. The molecule has 0 saturated carbocycles. The van der Waals surface area contributed by atoms with Crippen LogP contribution >= 0.6 is 0 Å². The molecular formula is C10H12O6S. The first-order valence-electron chi connectivity index (χ1n) is 4.53. The van der Waals surface area contributed by atoms with Gasteiger partial charge in [-0.1, -0.05) is 0 Å². The predicted octanol–water partition coefficient (Wildman–Crippen LogP) is 0.817. The van der Waals surface area contributed by atoms with Gasteiger partial charge in [0.2, 0.25) is 0 Å². The minimum Gasteiger partial charge on any atom is -0.496 e. The Hall–Kier alpha value is -1.60. The van der Waals surface area contributed by atoms with Crippen molar-refractivity contribution >= 4 is 16.1 Å². The Morgan fingerprint density at radius 2 is 1.82 bits per heavy atom. The van der Waals surface area contributed by atoms with E-state index in [-0.39, 0.29) is 16.2 Å². The SMILES string of the molecule is COC(=O)c1cc(S(=O)(=O)OC)ccc1OC. The Morgan fingerprint density at radius 1 is 1.18 bits per heavy atom. The molecule has 0 fully saturated rings. The molecule has 0 bridgehead atoms. The first kappa shape index (κ1) is 13.5. The standard InChI is InChI=1S/C10H12O6S/c1-14-9-5-4-7(17(12,13)16-3)6-8(9)10(11)15-2/h4-6H,1-3H3. The number of esters is 1. The van der Waals surface area contributed by atoms with Crippen LogP contribution in [0.15, 0.2) is 23.1 Å². The lowest BCUT2D eigenvalue weighted by Gasteiger charge is -2.08. The minimum atomic E-state index is -3.85. The molecule has 0 heterocycles. The van der Waals surface area contributed by atoms with Gasteiger partial charge in [0.15, 0.2) is 0 Å². The van der Waals surface area contributed by atoms with Crippen LogP contribution in [0, 0.1) is 0 Å². The second-order valence-electron chi connectivity index (χ2n) is 2.97. The summed E-state index contributed by atoms with van der Waals surface area (Å²) in [4.78, 5) is 11.3. The number of carbonyl (C=O) groups excluding carboxylic acids is 1. The van der Waals surface area contributed by atoms with Crippen molar-refractivity contribution in [1.82, 2.24) is 0 Å². The monoisotopic (exact) mass is 260 g/mol. The second kappa shape index (κ2) is 5.15. The molecule has 0 atom stereocenters. The summed E-state index contributed by atoms with van der Waals surface area (Å²) in [6, 6.07) is 3.78. The van der Waals surface area contributed by atoms with Crippen LogP contribution in [-0.2, 0) is 19.0 Å². The average molecular weight is 260 g/mol. The molecule has 0 aromatic heterocycles. The third-order valence-electron chi connectivity index (χ3n) is 2.08. The van der Waals surface area contributed by atoms with E-state index in [4.69, 9.17) is 4.74 Å². The van der Waals surface area contributed by atoms with Crippen molar-refractivity contribution in [3.8, 4) is 5.75 Å². The van der Waals surface area contributed by atoms with Gasteiger partial charge in [-0.2, -0.15) is 8.42 Å². The molecule has 7 heteroatoms. The van der Waals surface area contributed by atoms with Crippen LogP contribution in [0.5, 0.6) is 5.75 Å². The van der Waals surface area contributed by atoms with E-state index in [0.717, 1.165) is 13.2 Å². The van der Waals surface area contributed by atoms with Crippen molar-refractivity contribution in [2.45, 2.75) is 4.90 Å². The molecule has 1 aromatic rings. The maximum Gasteiger partial charge on any atom is 0.341 e. The molecule has 0 radical (unpaired) electrons. The van der Waals surface area contributed by atoms with E-state index in [1.54, 1.807) is 0 Å². The summed E-state index contributed by atoms with van der Waals surface area (Å²) in [5.74, 6) is -0.457. The van der Waals surface area contributed by atoms with E-state index in [2.05, 4.69) is 8.92 Å². The number of ether oxygens (including phenoxy) is 2. The van der Waals surface area contributed by atoms with Gasteiger partial charge in [-0.25, -0.2) is 4.79 Å². The number of methoxy groups -OCH3 is 2. The molecular weight excluding hydrogens is 248 g/mol. The van der Waals surface area contributed by atoms with Gasteiger partial charge >= 0.3 is 5.97 Å². The van der Waals surface area contributed by atoms with Gasteiger partial charge in [0, 0.05) is 0 Å². The fourth-order valence-corrected chi connectivity index (χ4v) is 1.90. The molecule has 0 saturated heterocycles. The van der Waals surface area contributed by atoms with Gasteiger partial charge < -0.3 is 9.47 Å². The number of carbonyl (C=O) groups is 1. The van der Waals surface area contributed by atoms with Crippen molar-refractivity contribution in [1.29, 1.82) is 0 Å². The second-order valence-corrected chi connectivity index (χ2v) is 4.69. The fourth-order valence-electron chi connectivity index (χ4n) is 1.21. The maximum absolute atomic E-state index is 11.4. The smallest absolute Gasteiger partial charge is 0.341 e. The molecule has 6 nitrogen and oxygen atoms in total. The zero-order valence-corrected chi connectivity index (χ0v) is 10.4. The van der Waals surface area contributed by atoms with Crippen molar-refractivity contribution < 1.29 is 26.9 Å². The average Bonchev–Trinajstić information content (AvgIpc) is 2.36. The number of rotatable bonds is 4. The lowest BCUT2D eigenvalue weighted by atomic mass is 10.2. The molecule has 1 aromatic carbocycles. The third-order valence-corrected chi connectivity index (χ3v) is 3.35. The maximum atomic E-state index is 11.4. The van der Waals surface area contributed by atoms with Crippen LogP contribution in [0.3, 0.4) is 0 Å². The number of benzene rings is 1. The summed E-state index contributed by atoms with van der Waals surface area (Å²) in [5, 5.41) is 0. The van der Waals surface area contributed by atoms with E-state index in [0.29, 0.717) is 0 Å². The van der Waals surface area contributed by atoms with Crippen LogP contribution < -0.4 is 4.74 Å². The summed E-state index contributed by atoms with van der Waals surface area (Å²) >= 11 is 0. The van der Waals surface area contributed by atoms with Gasteiger partial charge in [-0.05, 0) is 18.2 Å². The van der Waals surface area contributed by atoms with Gasteiger partial charge in [-0.3, -0.25) is 4.18 Å². The van der Waals surface area contributed by atoms with Crippen LogP contribution in [0.1, 0.15) is 10.4 Å². The Kier molecular flexibility index (Phi) is 4.08. The van der Waals surface area contributed by atoms with E-state index >= 15 is 0 Å². The molecule has 0 aliphatic carbocycles. The highest BCUT2D eigenvalue weighted by Gasteiger charge is 2.19. The van der Waals surface area contributed by atoms with Gasteiger partial charge in [-0.15, -0.1) is 0 Å². The van der Waals surface area contributed by atoms with Crippen LogP contribution in [-0.4, -0.2) is 35.7 Å². The highest BCUT2D eigenvalue weighted by Crippen LogP contribution is 2.23. The lowest BCUT2D eigenvalue weighted by Crippen LogP contribution is -2.08. The zero-order valence-electron chi connectivity index (χ0n) is 9.59. The highest BCUT2D eigenvalue weighted by atomic mass is 32.2. The summed E-state index contributed by atoms with van der Waals surface area (Å²) in [7, 11) is -0.251. The van der Waals surface area contributed by atoms with Crippen molar-refractivity contribution in [2.75, 3.05) is 21.3 Å². The van der Waals surface area contributed by atoms with Crippen molar-refractivity contribution in [3.63, 3.8) is 0 Å². The van der Waals surface area contributed by atoms with Gasteiger partial charge in [0.1, 0.15) is 11.3 Å². The summed E-state index contributed by atoms with van der Waals surface area (Å²) in [5.41, 5.74) is 0.0214. The topological polar surface area (TPSA) is 78.9 Å². The van der Waals surface area contributed by atoms with Crippen LogP contribution in [0.4, 0.5) is 0 Å². The molecule has 0 spiro atoms. The summed E-state index contributed by atoms with van der Waals surface area (Å²) < 4.78 is 36.7. The number of hydrogen-bond donors (Lipinski definition) is 0. The summed E-state index contributed by atoms with van der Waals surface area (Å²) in [6.45, 7) is 0. The first-order valence-corrected chi connectivity index (χ1v) is 5.94. The molecule has 0 unspecified atom stereocenters. The first-order chi connectivity index (χ1) is 7.96.